The number of hydrogen-bond donors (Lipinski definition) is 1. The summed E-state index contributed by atoms with van der Waals surface area (Å²) in [5.41, 5.74) is 8.30. The average molecular weight is 391 g/mol. The van der Waals surface area contributed by atoms with Gasteiger partial charge in [0.15, 0.2) is 11.5 Å². The number of rotatable bonds is 7. The molecular formula is C20H23ClN2O4. The smallest absolute Gasteiger partial charge is 0.204 e. The second kappa shape index (κ2) is 8.68. The Kier molecular flexibility index (Phi) is 6.58. The quantitative estimate of drug-likeness (QED) is 0.440. The van der Waals surface area contributed by atoms with Crippen LogP contribution >= 0.6 is 11.6 Å². The predicted octanol–water partition coefficient (Wildman–Crippen LogP) is 3.82. The fraction of sp³-hybridized carbons (Fsp3) is 0.250. The molecule has 0 saturated carbocycles. The minimum absolute atomic E-state index is 0.0370. The molecule has 6 nitrogen and oxygen atoms in total. The van der Waals surface area contributed by atoms with Crippen molar-refractivity contribution in [3.05, 3.63) is 46.5 Å². The fourth-order valence-corrected chi connectivity index (χ4v) is 2.80. The van der Waals surface area contributed by atoms with Crippen molar-refractivity contribution >= 4 is 34.8 Å². The highest BCUT2D eigenvalue weighted by molar-refractivity contribution is 6.47. The third-order valence-corrected chi connectivity index (χ3v) is 4.29. The Balaban J connectivity index is 2.45. The van der Waals surface area contributed by atoms with Gasteiger partial charge in [0.1, 0.15) is 5.75 Å². The van der Waals surface area contributed by atoms with Gasteiger partial charge in [-0.05, 0) is 30.3 Å². The summed E-state index contributed by atoms with van der Waals surface area (Å²) < 4.78 is 15.9. The monoisotopic (exact) mass is 390 g/mol. The number of anilines is 2. The number of carbonyl (C=O) groups excluding carboxylic acids is 1. The van der Waals surface area contributed by atoms with Crippen LogP contribution in [0.25, 0.3) is 6.08 Å². The van der Waals surface area contributed by atoms with Crippen LogP contribution in [0.15, 0.2) is 35.4 Å². The number of benzene rings is 2. The number of Topliss-reactive ketones (excluding diaryl/α,β-unsaturated/α-hetero) is 1. The largest absolute Gasteiger partial charge is 0.496 e. The van der Waals surface area contributed by atoms with E-state index in [4.69, 9.17) is 31.5 Å². The topological polar surface area (TPSA) is 74.0 Å². The molecule has 0 saturated heterocycles. The normalized spacial score (nSPS) is 11.1. The van der Waals surface area contributed by atoms with Crippen molar-refractivity contribution in [1.82, 2.24) is 0 Å². The number of halogens is 1. The van der Waals surface area contributed by atoms with Crippen LogP contribution in [-0.4, -0.2) is 41.2 Å². The standard InChI is InChI=1S/C20H23ClN2O4/c1-23(2)16-9-12(6-7-15(16)22)20(24)14(21)8-13-10-18(26-4)19(27-5)11-17(13)25-3/h6-11H,22H2,1-5H3/b14-8+. The summed E-state index contributed by atoms with van der Waals surface area (Å²) in [4.78, 5) is 14.6. The minimum Gasteiger partial charge on any atom is -0.496 e. The lowest BCUT2D eigenvalue weighted by atomic mass is 10.1. The molecule has 0 atom stereocenters. The number of nitrogen functional groups attached to an aromatic ring is 1. The van der Waals surface area contributed by atoms with Crippen molar-refractivity contribution in [1.29, 1.82) is 0 Å². The molecule has 27 heavy (non-hydrogen) atoms. The molecular weight excluding hydrogens is 368 g/mol. The maximum atomic E-state index is 12.8. The molecule has 0 aliphatic rings. The van der Waals surface area contributed by atoms with E-state index in [-0.39, 0.29) is 10.8 Å². The predicted molar refractivity (Wildman–Crippen MR) is 109 cm³/mol. The Hall–Kier alpha value is -2.86. The number of nitrogens with two attached hydrogens (primary N) is 1. The Morgan fingerprint density at radius 1 is 1.00 bits per heavy atom. The lowest BCUT2D eigenvalue weighted by Gasteiger charge is -2.16. The van der Waals surface area contributed by atoms with Crippen LogP contribution in [0.1, 0.15) is 15.9 Å². The molecule has 0 fully saturated rings. The Bertz CT molecular complexity index is 879. The van der Waals surface area contributed by atoms with Crippen molar-refractivity contribution in [2.45, 2.75) is 0 Å². The zero-order valence-electron chi connectivity index (χ0n) is 16.0. The Morgan fingerprint density at radius 2 is 1.59 bits per heavy atom. The summed E-state index contributed by atoms with van der Waals surface area (Å²) >= 11 is 6.31. The van der Waals surface area contributed by atoms with Crippen molar-refractivity contribution in [3.8, 4) is 17.2 Å². The molecule has 0 amide bonds. The van der Waals surface area contributed by atoms with E-state index in [1.807, 2.05) is 19.0 Å². The van der Waals surface area contributed by atoms with Crippen LogP contribution < -0.4 is 24.8 Å². The number of ether oxygens (including phenoxy) is 3. The average Bonchev–Trinajstić information content (AvgIpc) is 2.66. The summed E-state index contributed by atoms with van der Waals surface area (Å²) in [6, 6.07) is 8.41. The zero-order valence-corrected chi connectivity index (χ0v) is 16.8. The van der Waals surface area contributed by atoms with E-state index in [1.54, 1.807) is 30.3 Å². The van der Waals surface area contributed by atoms with Crippen LogP contribution in [0.5, 0.6) is 17.2 Å². The molecule has 2 rings (SSSR count). The number of hydrogen-bond acceptors (Lipinski definition) is 6. The highest BCUT2D eigenvalue weighted by Gasteiger charge is 2.16. The summed E-state index contributed by atoms with van der Waals surface area (Å²) in [7, 11) is 8.30. The van der Waals surface area contributed by atoms with Gasteiger partial charge < -0.3 is 24.8 Å². The van der Waals surface area contributed by atoms with Gasteiger partial charge in [-0.1, -0.05) is 11.6 Å². The van der Waals surface area contributed by atoms with E-state index < -0.39 is 0 Å². The highest BCUT2D eigenvalue weighted by Crippen LogP contribution is 2.36. The minimum atomic E-state index is -0.323. The van der Waals surface area contributed by atoms with Gasteiger partial charge in [0.2, 0.25) is 5.78 Å². The van der Waals surface area contributed by atoms with Crippen LogP contribution in [0.3, 0.4) is 0 Å². The van der Waals surface area contributed by atoms with Gasteiger partial charge in [0.05, 0.1) is 37.7 Å². The summed E-state index contributed by atoms with van der Waals surface area (Å²) in [6.07, 6.45) is 1.54. The first-order valence-electron chi connectivity index (χ1n) is 8.11. The van der Waals surface area contributed by atoms with Gasteiger partial charge in [-0.25, -0.2) is 0 Å². The third kappa shape index (κ3) is 4.46. The van der Waals surface area contributed by atoms with E-state index in [0.29, 0.717) is 34.1 Å². The number of nitrogens with zero attached hydrogens (tertiary/aromatic N) is 1. The maximum absolute atomic E-state index is 12.8. The number of ketones is 1. The molecule has 0 aromatic heterocycles. The van der Waals surface area contributed by atoms with E-state index in [1.165, 1.54) is 27.4 Å². The van der Waals surface area contributed by atoms with Crippen molar-refractivity contribution in [2.75, 3.05) is 46.1 Å². The van der Waals surface area contributed by atoms with Crippen molar-refractivity contribution in [3.63, 3.8) is 0 Å². The van der Waals surface area contributed by atoms with E-state index >= 15 is 0 Å². The van der Waals surface area contributed by atoms with Gasteiger partial charge in [-0.3, -0.25) is 4.79 Å². The first-order valence-corrected chi connectivity index (χ1v) is 8.48. The second-order valence-corrected chi connectivity index (χ2v) is 6.35. The number of allylic oxidation sites excluding steroid dienone is 1. The SMILES string of the molecule is COc1cc(OC)c(OC)cc1/C=C(/Cl)C(=O)c1ccc(N)c(N(C)C)c1. The molecule has 0 radical (unpaired) electrons. The van der Waals surface area contributed by atoms with Crippen LogP contribution in [-0.2, 0) is 0 Å². The first kappa shape index (κ1) is 20.5. The van der Waals surface area contributed by atoms with Crippen molar-refractivity contribution in [2.24, 2.45) is 0 Å². The highest BCUT2D eigenvalue weighted by atomic mass is 35.5. The first-order chi connectivity index (χ1) is 12.8. The fourth-order valence-electron chi connectivity index (χ4n) is 2.58. The van der Waals surface area contributed by atoms with E-state index in [9.17, 15) is 4.79 Å². The lowest BCUT2D eigenvalue weighted by Crippen LogP contribution is -2.12. The molecule has 0 heterocycles. The summed E-state index contributed by atoms with van der Waals surface area (Å²) in [5.74, 6) is 1.20. The van der Waals surface area contributed by atoms with Crippen LogP contribution in [0.2, 0.25) is 0 Å². The molecule has 144 valence electrons. The molecule has 0 spiro atoms. The molecule has 2 aromatic rings. The number of methoxy groups -OCH3 is 3. The summed E-state index contributed by atoms with van der Waals surface area (Å²) in [6.45, 7) is 0. The third-order valence-electron chi connectivity index (χ3n) is 4.01. The van der Waals surface area contributed by atoms with Crippen LogP contribution in [0, 0.1) is 0 Å². The molecule has 2 aromatic carbocycles. The van der Waals surface area contributed by atoms with Gasteiger partial charge in [0, 0.05) is 31.3 Å². The van der Waals surface area contributed by atoms with E-state index in [0.717, 1.165) is 5.69 Å². The molecule has 0 bridgehead atoms. The molecule has 7 heteroatoms. The van der Waals surface area contributed by atoms with Gasteiger partial charge in [0.25, 0.3) is 0 Å². The second-order valence-electron chi connectivity index (χ2n) is 5.94. The van der Waals surface area contributed by atoms with Crippen LogP contribution in [0.4, 0.5) is 11.4 Å². The van der Waals surface area contributed by atoms with Gasteiger partial charge in [-0.2, -0.15) is 0 Å². The molecule has 0 unspecified atom stereocenters. The Labute approximate surface area is 164 Å². The molecule has 0 aliphatic carbocycles. The maximum Gasteiger partial charge on any atom is 0.204 e. The van der Waals surface area contributed by atoms with E-state index in [2.05, 4.69) is 0 Å². The Morgan fingerprint density at radius 3 is 2.15 bits per heavy atom. The summed E-state index contributed by atoms with van der Waals surface area (Å²) in [5, 5.41) is 0.0370. The van der Waals surface area contributed by atoms with Gasteiger partial charge in [-0.15, -0.1) is 0 Å². The van der Waals surface area contributed by atoms with Crippen molar-refractivity contribution < 1.29 is 19.0 Å². The zero-order chi connectivity index (χ0) is 20.1. The molecule has 0 aliphatic heterocycles. The lowest BCUT2D eigenvalue weighted by molar-refractivity contribution is 0.104. The number of carbonyl (C=O) groups is 1. The molecule has 2 N–H and O–H groups in total. The van der Waals surface area contributed by atoms with Gasteiger partial charge >= 0.3 is 0 Å².